The van der Waals surface area contributed by atoms with E-state index in [1.807, 2.05) is 24.3 Å². The maximum atomic E-state index is 12.1. The van der Waals surface area contributed by atoms with Crippen LogP contribution < -0.4 is 15.4 Å². The molecule has 0 spiro atoms. The van der Waals surface area contributed by atoms with Crippen molar-refractivity contribution in [2.24, 2.45) is 4.99 Å². The van der Waals surface area contributed by atoms with Crippen LogP contribution in [0.4, 0.5) is 0 Å². The molecular formula is C25H35N5O2. The van der Waals surface area contributed by atoms with Gasteiger partial charge in [0.25, 0.3) is 0 Å². The Hall–Kier alpha value is -3.06. The fraction of sp³-hybridized carbons (Fsp3) is 0.440. The Kier molecular flexibility index (Phi) is 8.92. The number of hydrogen-bond donors (Lipinski definition) is 2. The second-order valence-corrected chi connectivity index (χ2v) is 8.29. The van der Waals surface area contributed by atoms with Crippen molar-refractivity contribution in [3.05, 3.63) is 65.7 Å². The number of hydrogen-bond acceptors (Lipinski definition) is 4. The molecule has 2 aromatic rings. The van der Waals surface area contributed by atoms with Gasteiger partial charge in [-0.05, 0) is 42.6 Å². The van der Waals surface area contributed by atoms with Crippen LogP contribution >= 0.6 is 0 Å². The quantitative estimate of drug-likeness (QED) is 0.466. The first-order valence-corrected chi connectivity index (χ1v) is 11.2. The van der Waals surface area contributed by atoms with Crippen LogP contribution in [0.15, 0.2) is 59.6 Å². The van der Waals surface area contributed by atoms with Crippen molar-refractivity contribution in [3.8, 4) is 5.75 Å². The van der Waals surface area contributed by atoms with E-state index in [2.05, 4.69) is 45.9 Å². The monoisotopic (exact) mass is 437 g/mol. The van der Waals surface area contributed by atoms with E-state index in [-0.39, 0.29) is 12.5 Å². The third-order valence-electron chi connectivity index (χ3n) is 5.72. The highest BCUT2D eigenvalue weighted by atomic mass is 16.5. The van der Waals surface area contributed by atoms with Crippen molar-refractivity contribution in [3.63, 3.8) is 0 Å². The lowest BCUT2D eigenvalue weighted by Gasteiger charge is -2.25. The molecule has 7 heteroatoms. The van der Waals surface area contributed by atoms with Crippen LogP contribution in [0.1, 0.15) is 24.0 Å². The lowest BCUT2D eigenvalue weighted by molar-refractivity contribution is -0.127. The van der Waals surface area contributed by atoms with Crippen molar-refractivity contribution in [2.75, 3.05) is 40.8 Å². The molecule has 0 bridgehead atoms. The van der Waals surface area contributed by atoms with Crippen molar-refractivity contribution in [1.82, 2.24) is 20.4 Å². The second-order valence-electron chi connectivity index (χ2n) is 8.29. The van der Waals surface area contributed by atoms with E-state index >= 15 is 0 Å². The maximum absolute atomic E-state index is 12.1. The zero-order valence-corrected chi connectivity index (χ0v) is 19.4. The first-order valence-electron chi connectivity index (χ1n) is 11.2. The van der Waals surface area contributed by atoms with Gasteiger partial charge in [-0.25, -0.2) is 4.99 Å². The Labute approximate surface area is 191 Å². The molecule has 1 aliphatic rings. The zero-order valence-electron chi connectivity index (χ0n) is 19.4. The Balaban J connectivity index is 1.60. The first kappa shape index (κ1) is 23.6. The van der Waals surface area contributed by atoms with Gasteiger partial charge in [-0.15, -0.1) is 0 Å². The molecule has 1 aliphatic heterocycles. The molecular weight excluding hydrogens is 402 g/mol. The number of nitrogens with zero attached hydrogens (tertiary/aromatic N) is 3. The van der Waals surface area contributed by atoms with Gasteiger partial charge in [0.05, 0.1) is 20.2 Å². The molecule has 2 N–H and O–H groups in total. The number of carbonyl (C=O) groups excluding carboxylic acids is 1. The third kappa shape index (κ3) is 7.27. The number of likely N-dealkylation sites (N-methyl/N-ethyl adjacent to an activating group) is 1. The molecule has 2 aromatic carbocycles. The van der Waals surface area contributed by atoms with Crippen LogP contribution in [0.2, 0.25) is 0 Å². The van der Waals surface area contributed by atoms with Gasteiger partial charge in [-0.2, -0.15) is 0 Å². The first-order chi connectivity index (χ1) is 15.5. The van der Waals surface area contributed by atoms with Gasteiger partial charge in [0.2, 0.25) is 5.91 Å². The molecule has 0 radical (unpaired) electrons. The molecule has 0 saturated carbocycles. The summed E-state index contributed by atoms with van der Waals surface area (Å²) in [5, 5.41) is 6.65. The highest BCUT2D eigenvalue weighted by Crippen LogP contribution is 2.19. The summed E-state index contributed by atoms with van der Waals surface area (Å²) >= 11 is 0. The van der Waals surface area contributed by atoms with E-state index in [4.69, 9.17) is 9.73 Å². The van der Waals surface area contributed by atoms with Crippen LogP contribution in [0.5, 0.6) is 5.75 Å². The smallest absolute Gasteiger partial charge is 0.241 e. The van der Waals surface area contributed by atoms with Gasteiger partial charge in [0, 0.05) is 33.2 Å². The molecule has 0 aliphatic carbocycles. The minimum absolute atomic E-state index is 0.00974. The highest BCUT2D eigenvalue weighted by molar-refractivity contribution is 5.86. The van der Waals surface area contributed by atoms with Gasteiger partial charge in [-0.3, -0.25) is 9.69 Å². The van der Waals surface area contributed by atoms with Crippen molar-refractivity contribution >= 4 is 11.9 Å². The number of benzene rings is 2. The van der Waals surface area contributed by atoms with Gasteiger partial charge >= 0.3 is 0 Å². The molecule has 1 saturated heterocycles. The largest absolute Gasteiger partial charge is 0.497 e. The van der Waals surface area contributed by atoms with Crippen LogP contribution in [0.3, 0.4) is 0 Å². The number of ether oxygens (including phenoxy) is 1. The van der Waals surface area contributed by atoms with Crippen LogP contribution in [-0.2, 0) is 17.9 Å². The molecule has 1 amide bonds. The summed E-state index contributed by atoms with van der Waals surface area (Å²) in [6.45, 7) is 3.58. The van der Waals surface area contributed by atoms with E-state index in [9.17, 15) is 4.79 Å². The van der Waals surface area contributed by atoms with Crippen LogP contribution in [0.25, 0.3) is 0 Å². The number of carbonyl (C=O) groups is 1. The van der Waals surface area contributed by atoms with E-state index < -0.39 is 0 Å². The standard InChI is InChI=1S/C25H35N5O2/c1-29(2)24(31)18-28-25(26-16-20-11-13-23(32-3)14-12-20)27-17-22-10-7-15-30(22)19-21-8-5-4-6-9-21/h4-6,8-9,11-14,22H,7,10,15-19H2,1-3H3,(H2,26,27,28). The molecule has 172 valence electrons. The Morgan fingerprint density at radius 3 is 2.53 bits per heavy atom. The van der Waals surface area contributed by atoms with E-state index in [0.29, 0.717) is 18.5 Å². The Bertz CT molecular complexity index is 868. The number of likely N-dealkylation sites (tertiary alicyclic amines) is 1. The predicted octanol–water partition coefficient (Wildman–Crippen LogP) is 2.48. The molecule has 1 unspecified atom stereocenters. The summed E-state index contributed by atoms with van der Waals surface area (Å²) in [4.78, 5) is 20.9. The van der Waals surface area contributed by atoms with Crippen molar-refractivity contribution in [1.29, 1.82) is 0 Å². The SMILES string of the molecule is COc1ccc(CN=C(NCC(=O)N(C)C)NCC2CCCN2Cc2ccccc2)cc1. The number of rotatable bonds is 9. The highest BCUT2D eigenvalue weighted by Gasteiger charge is 2.24. The summed E-state index contributed by atoms with van der Waals surface area (Å²) in [5.74, 6) is 1.49. The number of aliphatic imine (C=N–C) groups is 1. The summed E-state index contributed by atoms with van der Waals surface area (Å²) in [5.41, 5.74) is 2.42. The summed E-state index contributed by atoms with van der Waals surface area (Å²) in [6, 6.07) is 18.9. The molecule has 32 heavy (non-hydrogen) atoms. The average molecular weight is 438 g/mol. The number of guanidine groups is 1. The van der Waals surface area contributed by atoms with Crippen LogP contribution in [-0.4, -0.2) is 68.5 Å². The molecule has 0 aromatic heterocycles. The number of nitrogens with one attached hydrogen (secondary N) is 2. The van der Waals surface area contributed by atoms with E-state index in [1.54, 1.807) is 26.1 Å². The van der Waals surface area contributed by atoms with Gasteiger partial charge in [-0.1, -0.05) is 42.5 Å². The fourth-order valence-electron chi connectivity index (χ4n) is 3.76. The normalized spacial score (nSPS) is 16.6. The van der Waals surface area contributed by atoms with Gasteiger partial charge in [0.1, 0.15) is 5.75 Å². The summed E-state index contributed by atoms with van der Waals surface area (Å²) in [7, 11) is 5.17. The van der Waals surface area contributed by atoms with E-state index in [1.165, 1.54) is 12.0 Å². The van der Waals surface area contributed by atoms with Gasteiger partial charge in [0.15, 0.2) is 5.96 Å². The molecule has 1 fully saturated rings. The molecule has 7 nitrogen and oxygen atoms in total. The third-order valence-corrected chi connectivity index (χ3v) is 5.72. The topological polar surface area (TPSA) is 69.2 Å². The maximum Gasteiger partial charge on any atom is 0.241 e. The summed E-state index contributed by atoms with van der Waals surface area (Å²) in [6.07, 6.45) is 2.35. The molecule has 1 atom stereocenters. The lowest BCUT2D eigenvalue weighted by atomic mass is 10.2. The molecule has 3 rings (SSSR count). The Morgan fingerprint density at radius 1 is 1.09 bits per heavy atom. The predicted molar refractivity (Wildman–Crippen MR) is 129 cm³/mol. The fourth-order valence-corrected chi connectivity index (χ4v) is 3.76. The summed E-state index contributed by atoms with van der Waals surface area (Å²) < 4.78 is 5.22. The Morgan fingerprint density at radius 2 is 1.84 bits per heavy atom. The minimum atomic E-state index is 0.00974. The van der Waals surface area contributed by atoms with Crippen LogP contribution in [0, 0.1) is 0 Å². The average Bonchev–Trinajstić information content (AvgIpc) is 3.26. The van der Waals surface area contributed by atoms with E-state index in [0.717, 1.165) is 37.4 Å². The van der Waals surface area contributed by atoms with Gasteiger partial charge < -0.3 is 20.3 Å². The number of amides is 1. The number of methoxy groups -OCH3 is 1. The molecule has 1 heterocycles. The second kappa shape index (κ2) is 12.1. The zero-order chi connectivity index (χ0) is 22.8. The van der Waals surface area contributed by atoms with Crippen molar-refractivity contribution in [2.45, 2.75) is 32.0 Å². The van der Waals surface area contributed by atoms with Crippen molar-refractivity contribution < 1.29 is 9.53 Å². The lowest BCUT2D eigenvalue weighted by Crippen LogP contribution is -2.47. The minimum Gasteiger partial charge on any atom is -0.497 e.